The molecular formula is C21H23FN6O. The van der Waals surface area contributed by atoms with E-state index in [0.29, 0.717) is 12.2 Å². The summed E-state index contributed by atoms with van der Waals surface area (Å²) in [6.07, 6.45) is 6.18. The average Bonchev–Trinajstić information content (AvgIpc) is 3.04. The van der Waals surface area contributed by atoms with Crippen LogP contribution in [-0.2, 0) is 5.54 Å². The number of anilines is 1. The summed E-state index contributed by atoms with van der Waals surface area (Å²) in [7, 11) is 4.05. The smallest absolute Gasteiger partial charge is 0.322 e. The molecular weight excluding hydrogens is 371 g/mol. The lowest BCUT2D eigenvalue weighted by molar-refractivity contribution is 0.0655. The van der Waals surface area contributed by atoms with Crippen LogP contribution in [0.3, 0.4) is 0 Å². The fraction of sp³-hybridized carbons (Fsp3) is 0.429. The lowest BCUT2D eigenvalue weighted by Gasteiger charge is -2.48. The van der Waals surface area contributed by atoms with E-state index >= 15 is 0 Å². The van der Waals surface area contributed by atoms with Crippen molar-refractivity contribution in [1.82, 2.24) is 20.2 Å². The van der Waals surface area contributed by atoms with Gasteiger partial charge in [0.25, 0.3) is 0 Å². The Labute approximate surface area is 169 Å². The third kappa shape index (κ3) is 3.32. The maximum Gasteiger partial charge on any atom is 0.322 e. The highest BCUT2D eigenvalue weighted by Crippen LogP contribution is 2.46. The van der Waals surface area contributed by atoms with E-state index in [9.17, 15) is 9.18 Å². The van der Waals surface area contributed by atoms with Gasteiger partial charge in [-0.25, -0.2) is 19.2 Å². The minimum absolute atomic E-state index is 0.0756. The Morgan fingerprint density at radius 2 is 1.90 bits per heavy atom. The van der Waals surface area contributed by atoms with Gasteiger partial charge in [-0.05, 0) is 57.5 Å². The molecule has 1 N–H and O–H groups in total. The predicted octanol–water partition coefficient (Wildman–Crippen LogP) is 2.79. The minimum atomic E-state index is -0.335. The van der Waals surface area contributed by atoms with Crippen molar-refractivity contribution >= 4 is 11.7 Å². The molecule has 7 nitrogen and oxygen atoms in total. The highest BCUT2D eigenvalue weighted by Gasteiger charge is 2.50. The number of nitriles is 1. The monoisotopic (exact) mass is 394 g/mol. The van der Waals surface area contributed by atoms with Crippen LogP contribution in [-0.4, -0.2) is 47.1 Å². The van der Waals surface area contributed by atoms with Gasteiger partial charge in [-0.15, -0.1) is 0 Å². The summed E-state index contributed by atoms with van der Waals surface area (Å²) < 4.78 is 13.9. The summed E-state index contributed by atoms with van der Waals surface area (Å²) in [6.45, 7) is 0.522. The number of rotatable bonds is 3. The highest BCUT2D eigenvalue weighted by atomic mass is 19.1. The summed E-state index contributed by atoms with van der Waals surface area (Å²) in [6, 6.07) is 8.52. The summed E-state index contributed by atoms with van der Waals surface area (Å²) in [5.74, 6) is -0.156. The van der Waals surface area contributed by atoms with Crippen LogP contribution in [0.2, 0.25) is 0 Å². The highest BCUT2D eigenvalue weighted by molar-refractivity contribution is 5.95. The second-order valence-electron chi connectivity index (χ2n) is 8.11. The number of amides is 2. The number of carbonyl (C=O) groups excluding carboxylic acids is 1. The normalized spacial score (nSPS) is 26.6. The molecule has 1 saturated heterocycles. The van der Waals surface area contributed by atoms with Crippen molar-refractivity contribution in [2.75, 3.05) is 25.5 Å². The van der Waals surface area contributed by atoms with E-state index < -0.39 is 0 Å². The molecule has 150 valence electrons. The third-order valence-corrected chi connectivity index (χ3v) is 6.38. The van der Waals surface area contributed by atoms with Gasteiger partial charge in [0.1, 0.15) is 11.9 Å². The second-order valence-corrected chi connectivity index (χ2v) is 8.11. The molecule has 0 unspecified atom stereocenters. The number of halogens is 1. The van der Waals surface area contributed by atoms with Gasteiger partial charge in [-0.1, -0.05) is 12.1 Å². The van der Waals surface area contributed by atoms with Gasteiger partial charge in [0.15, 0.2) is 0 Å². The van der Waals surface area contributed by atoms with E-state index in [2.05, 4.69) is 20.2 Å². The van der Waals surface area contributed by atoms with E-state index in [0.717, 1.165) is 31.2 Å². The van der Waals surface area contributed by atoms with Crippen molar-refractivity contribution in [2.45, 2.75) is 36.8 Å². The number of carbonyl (C=O) groups is 1. The Balaban J connectivity index is 1.55. The summed E-state index contributed by atoms with van der Waals surface area (Å²) in [5.41, 5.74) is 0.952. The van der Waals surface area contributed by atoms with E-state index in [-0.39, 0.29) is 28.8 Å². The molecule has 1 aromatic heterocycles. The largest absolute Gasteiger partial charge is 0.330 e. The van der Waals surface area contributed by atoms with Crippen molar-refractivity contribution in [1.29, 1.82) is 5.26 Å². The molecule has 1 saturated carbocycles. The van der Waals surface area contributed by atoms with Gasteiger partial charge in [0, 0.05) is 5.54 Å². The molecule has 29 heavy (non-hydrogen) atoms. The average molecular weight is 394 g/mol. The van der Waals surface area contributed by atoms with Crippen LogP contribution < -0.4 is 10.2 Å². The SMILES string of the molecule is CN(C)[C@]1(c2cccc(F)c2)CC[C@@]2(CC1)CN(c1cnc(C#N)nc1)C(=O)N2. The topological polar surface area (TPSA) is 85.2 Å². The number of nitrogens with zero attached hydrogens (tertiary/aromatic N) is 5. The molecule has 2 fully saturated rings. The number of urea groups is 1. The molecule has 1 aliphatic heterocycles. The standard InChI is InChI=1S/C21H23FN6O/c1-27(2)21(15-4-3-5-16(22)10-15)8-6-20(7-9-21)14-28(19(29)26-20)17-12-24-18(11-23)25-13-17/h3-5,10,12-13H,6-9,14H2,1-2H3,(H,26,29)/t20-,21-. The van der Waals surface area contributed by atoms with Crippen molar-refractivity contribution in [3.05, 3.63) is 53.9 Å². The Morgan fingerprint density at radius 3 is 2.48 bits per heavy atom. The van der Waals surface area contributed by atoms with Gasteiger partial charge < -0.3 is 5.32 Å². The maximum atomic E-state index is 13.9. The van der Waals surface area contributed by atoms with Crippen molar-refractivity contribution < 1.29 is 9.18 Å². The fourth-order valence-corrected chi connectivity index (χ4v) is 4.63. The van der Waals surface area contributed by atoms with Crippen LogP contribution >= 0.6 is 0 Å². The van der Waals surface area contributed by atoms with Gasteiger partial charge in [0.05, 0.1) is 30.2 Å². The van der Waals surface area contributed by atoms with E-state index in [1.807, 2.05) is 26.2 Å². The van der Waals surface area contributed by atoms with Crippen LogP contribution in [0.15, 0.2) is 36.7 Å². The molecule has 2 aromatic rings. The molecule has 4 rings (SSSR count). The van der Waals surface area contributed by atoms with Crippen LogP contribution in [0.4, 0.5) is 14.9 Å². The first-order valence-corrected chi connectivity index (χ1v) is 9.63. The molecule has 0 atom stereocenters. The van der Waals surface area contributed by atoms with E-state index in [4.69, 9.17) is 5.26 Å². The Hall–Kier alpha value is -3.05. The number of hydrogen-bond donors (Lipinski definition) is 1. The van der Waals surface area contributed by atoms with Crippen LogP contribution in [0, 0.1) is 17.1 Å². The lowest BCUT2D eigenvalue weighted by atomic mass is 9.69. The second kappa shape index (κ2) is 7.08. The zero-order valence-electron chi connectivity index (χ0n) is 16.5. The number of benzene rings is 1. The first-order chi connectivity index (χ1) is 13.9. The predicted molar refractivity (Wildman–Crippen MR) is 106 cm³/mol. The third-order valence-electron chi connectivity index (χ3n) is 6.38. The molecule has 0 radical (unpaired) electrons. The van der Waals surface area contributed by atoms with Crippen LogP contribution in [0.25, 0.3) is 0 Å². The molecule has 1 aromatic carbocycles. The lowest BCUT2D eigenvalue weighted by Crippen LogP contribution is -2.54. The maximum absolute atomic E-state index is 13.9. The van der Waals surface area contributed by atoms with Gasteiger partial charge >= 0.3 is 6.03 Å². The molecule has 0 bridgehead atoms. The Bertz CT molecular complexity index is 960. The molecule has 2 amide bonds. The van der Waals surface area contributed by atoms with E-state index in [1.54, 1.807) is 17.0 Å². The van der Waals surface area contributed by atoms with Crippen LogP contribution in [0.5, 0.6) is 0 Å². The molecule has 2 heterocycles. The Morgan fingerprint density at radius 1 is 1.21 bits per heavy atom. The number of nitrogens with one attached hydrogen (secondary N) is 1. The van der Waals surface area contributed by atoms with Gasteiger partial charge in [0.2, 0.25) is 5.82 Å². The van der Waals surface area contributed by atoms with Gasteiger partial charge in [-0.3, -0.25) is 9.80 Å². The summed E-state index contributed by atoms with van der Waals surface area (Å²) in [5, 5.41) is 12.0. The Kier molecular flexibility index (Phi) is 4.71. The zero-order chi connectivity index (χ0) is 20.6. The fourth-order valence-electron chi connectivity index (χ4n) is 4.63. The zero-order valence-corrected chi connectivity index (χ0v) is 16.5. The quantitative estimate of drug-likeness (QED) is 0.865. The minimum Gasteiger partial charge on any atom is -0.330 e. The number of hydrogen-bond acceptors (Lipinski definition) is 5. The number of aromatic nitrogens is 2. The first kappa shape index (κ1) is 19.3. The van der Waals surface area contributed by atoms with Crippen molar-refractivity contribution in [2.24, 2.45) is 0 Å². The molecule has 1 aliphatic carbocycles. The van der Waals surface area contributed by atoms with E-state index in [1.165, 1.54) is 18.5 Å². The van der Waals surface area contributed by atoms with Gasteiger partial charge in [-0.2, -0.15) is 5.26 Å². The summed E-state index contributed by atoms with van der Waals surface area (Å²) in [4.78, 5) is 24.4. The molecule has 8 heteroatoms. The van der Waals surface area contributed by atoms with Crippen molar-refractivity contribution in [3.63, 3.8) is 0 Å². The first-order valence-electron chi connectivity index (χ1n) is 9.63. The molecule has 2 aliphatic rings. The summed E-state index contributed by atoms with van der Waals surface area (Å²) >= 11 is 0. The van der Waals surface area contributed by atoms with Crippen LogP contribution in [0.1, 0.15) is 37.1 Å². The van der Waals surface area contributed by atoms with Crippen molar-refractivity contribution in [3.8, 4) is 6.07 Å². The molecule has 1 spiro atoms.